The fourth-order valence-electron chi connectivity index (χ4n) is 5.90. The molecule has 5 atom stereocenters. The van der Waals surface area contributed by atoms with E-state index in [1.54, 1.807) is 0 Å². The summed E-state index contributed by atoms with van der Waals surface area (Å²) in [6.45, 7) is 12.1. The van der Waals surface area contributed by atoms with Gasteiger partial charge in [-0.3, -0.25) is 4.79 Å². The van der Waals surface area contributed by atoms with Gasteiger partial charge in [0, 0.05) is 22.0 Å². The Bertz CT molecular complexity index is 1230. The lowest BCUT2D eigenvalue weighted by Crippen LogP contribution is -2.57. The second-order valence-electron chi connectivity index (χ2n) is 11.3. The maximum atomic E-state index is 14.5. The Morgan fingerprint density at radius 3 is 2.32 bits per heavy atom. The number of benzene rings is 2. The van der Waals surface area contributed by atoms with E-state index in [9.17, 15) is 13.2 Å². The number of sulfonamides is 1. The van der Waals surface area contributed by atoms with Crippen LogP contribution in [0.5, 0.6) is 0 Å². The number of nitrogens with one attached hydrogen (secondary N) is 1. The lowest BCUT2D eigenvalue weighted by atomic mass is 9.66. The predicted octanol–water partition coefficient (Wildman–Crippen LogP) is 7.23. The van der Waals surface area contributed by atoms with Crippen LogP contribution in [0.4, 0.5) is 0 Å². The fourth-order valence-corrected chi connectivity index (χ4v) is 7.27. The van der Waals surface area contributed by atoms with Crippen molar-refractivity contribution in [1.82, 2.24) is 9.62 Å². The van der Waals surface area contributed by atoms with Crippen molar-refractivity contribution >= 4 is 39.1 Å². The molecule has 0 aromatic heterocycles. The van der Waals surface area contributed by atoms with Gasteiger partial charge in [0.25, 0.3) is 0 Å². The van der Waals surface area contributed by atoms with E-state index < -0.39 is 15.4 Å². The van der Waals surface area contributed by atoms with Crippen LogP contribution in [0.3, 0.4) is 0 Å². The first-order chi connectivity index (χ1) is 17.8. The molecule has 208 valence electrons. The molecule has 1 heterocycles. The first-order valence-electron chi connectivity index (χ1n) is 13.2. The molecule has 1 unspecified atom stereocenters. The van der Waals surface area contributed by atoms with E-state index in [1.165, 1.54) is 7.05 Å². The van der Waals surface area contributed by atoms with Crippen molar-refractivity contribution in [2.45, 2.75) is 65.0 Å². The zero-order valence-electron chi connectivity index (χ0n) is 23.0. The number of hydrogen-bond donors (Lipinski definition) is 1. The molecule has 1 fully saturated rings. The number of hydrogen-bond acceptors (Lipinski definition) is 3. The van der Waals surface area contributed by atoms with Gasteiger partial charge < -0.3 is 4.90 Å². The molecule has 1 saturated heterocycles. The second kappa shape index (κ2) is 12.5. The maximum absolute atomic E-state index is 14.5. The Kier molecular flexibility index (Phi) is 10.1. The molecule has 5 nitrogen and oxygen atoms in total. The van der Waals surface area contributed by atoms with Gasteiger partial charge in [-0.2, -0.15) is 0 Å². The molecule has 38 heavy (non-hydrogen) atoms. The van der Waals surface area contributed by atoms with Crippen LogP contribution >= 0.6 is 23.2 Å². The van der Waals surface area contributed by atoms with Crippen LogP contribution in [0.25, 0.3) is 0 Å². The van der Waals surface area contributed by atoms with Crippen molar-refractivity contribution in [3.63, 3.8) is 0 Å². The lowest BCUT2D eigenvalue weighted by molar-refractivity contribution is -0.156. The highest BCUT2D eigenvalue weighted by atomic mass is 35.5. The van der Waals surface area contributed by atoms with E-state index >= 15 is 0 Å². The van der Waals surface area contributed by atoms with E-state index in [2.05, 4.69) is 36.1 Å². The highest BCUT2D eigenvalue weighted by Gasteiger charge is 2.51. The number of carbonyl (C=O) groups excluding carboxylic acids is 1. The summed E-state index contributed by atoms with van der Waals surface area (Å²) < 4.78 is 27.1. The maximum Gasteiger partial charge on any atom is 0.229 e. The van der Waals surface area contributed by atoms with Crippen LogP contribution in [0, 0.1) is 17.3 Å². The zero-order chi connectivity index (χ0) is 28.3. The van der Waals surface area contributed by atoms with Crippen LogP contribution in [-0.2, 0) is 14.8 Å². The van der Waals surface area contributed by atoms with Gasteiger partial charge in [-0.15, -0.1) is 6.58 Å². The normalized spacial score (nSPS) is 23.9. The quantitative estimate of drug-likeness (QED) is 0.286. The molecule has 0 bridgehead atoms. The number of halogens is 2. The fraction of sp³-hybridized carbons (Fsp3) is 0.500. The van der Waals surface area contributed by atoms with Gasteiger partial charge in [-0.25, -0.2) is 13.1 Å². The van der Waals surface area contributed by atoms with E-state index in [-0.39, 0.29) is 41.5 Å². The number of carbonyl (C=O) groups is 1. The van der Waals surface area contributed by atoms with E-state index in [1.807, 2.05) is 62.4 Å². The first-order valence-corrected chi connectivity index (χ1v) is 15.6. The van der Waals surface area contributed by atoms with E-state index in [4.69, 9.17) is 23.2 Å². The molecule has 0 spiro atoms. The Morgan fingerprint density at radius 2 is 1.76 bits per heavy atom. The zero-order valence-corrected chi connectivity index (χ0v) is 25.3. The van der Waals surface area contributed by atoms with E-state index in [0.29, 0.717) is 29.3 Å². The molecular formula is C30H40Cl2N2O3S. The Labute approximate surface area is 238 Å². The number of amides is 1. The molecule has 8 heteroatoms. The summed E-state index contributed by atoms with van der Waals surface area (Å²) in [7, 11) is -1.96. The summed E-state index contributed by atoms with van der Waals surface area (Å²) in [6.07, 6.45) is 3.55. The predicted molar refractivity (Wildman–Crippen MR) is 158 cm³/mol. The van der Waals surface area contributed by atoms with Crippen LogP contribution in [0.15, 0.2) is 61.2 Å². The van der Waals surface area contributed by atoms with Crippen LogP contribution in [0.2, 0.25) is 10.0 Å². The molecule has 0 aliphatic carbocycles. The molecule has 1 amide bonds. The third kappa shape index (κ3) is 7.01. The van der Waals surface area contributed by atoms with Crippen molar-refractivity contribution in [1.29, 1.82) is 0 Å². The number of piperidine rings is 1. The molecule has 2 aromatic rings. The average Bonchev–Trinajstić information content (AvgIpc) is 2.84. The van der Waals surface area contributed by atoms with Gasteiger partial charge in [0.05, 0.1) is 17.2 Å². The summed E-state index contributed by atoms with van der Waals surface area (Å²) in [5, 5.41) is 1.28. The molecule has 1 aliphatic rings. The third-order valence-corrected chi connectivity index (χ3v) is 9.89. The molecular weight excluding hydrogens is 539 g/mol. The first kappa shape index (κ1) is 30.7. The highest BCUT2D eigenvalue weighted by molar-refractivity contribution is 7.89. The average molecular weight is 580 g/mol. The largest absolute Gasteiger partial charge is 0.331 e. The van der Waals surface area contributed by atoms with Gasteiger partial charge in [0.15, 0.2) is 0 Å². The summed E-state index contributed by atoms with van der Waals surface area (Å²) >= 11 is 12.7. The molecule has 1 aliphatic heterocycles. The van der Waals surface area contributed by atoms with Gasteiger partial charge in [-0.1, -0.05) is 81.2 Å². The lowest BCUT2D eigenvalue weighted by Gasteiger charge is -2.53. The standard InChI is InChI=1S/C30H40Cl2N2O3S/c1-7-15-30(5)18-26(23-9-8-10-25(32)17-23)28(22-11-13-24(31)14-12-22)34(29(30)35)27(20(2)3)16-21(4)19-38(36,37)33-6/h7-14,17,20-21,26-28,33H,1,15-16,18-19H2,2-6H3/t21?,26-,27+,28-,30+/m1/s1. The minimum Gasteiger partial charge on any atom is -0.331 e. The smallest absolute Gasteiger partial charge is 0.229 e. The van der Waals surface area contributed by atoms with Crippen LogP contribution in [0.1, 0.15) is 70.0 Å². The van der Waals surface area contributed by atoms with Crippen molar-refractivity contribution < 1.29 is 13.2 Å². The van der Waals surface area contributed by atoms with Gasteiger partial charge in [0.1, 0.15) is 0 Å². The van der Waals surface area contributed by atoms with Gasteiger partial charge in [-0.05, 0) is 73.5 Å². The SMILES string of the molecule is C=CC[C@@]1(C)C[C@H](c2cccc(Cl)c2)[C@@H](c2ccc(Cl)cc2)N([C@@H](CC(C)CS(=O)(=O)NC)C(C)C)C1=O. The number of likely N-dealkylation sites (tertiary alicyclic amines) is 1. The summed E-state index contributed by atoms with van der Waals surface area (Å²) in [6, 6.07) is 15.1. The summed E-state index contributed by atoms with van der Waals surface area (Å²) in [5.74, 6) is -0.0226. The summed E-state index contributed by atoms with van der Waals surface area (Å²) in [4.78, 5) is 16.5. The van der Waals surface area contributed by atoms with Crippen LogP contribution in [-0.4, -0.2) is 38.1 Å². The molecule has 0 saturated carbocycles. The van der Waals surface area contributed by atoms with Crippen LogP contribution < -0.4 is 4.72 Å². The van der Waals surface area contributed by atoms with E-state index in [0.717, 1.165) is 11.1 Å². The Balaban J connectivity index is 2.21. The molecule has 2 aromatic carbocycles. The minimum atomic E-state index is -3.39. The monoisotopic (exact) mass is 578 g/mol. The van der Waals surface area contributed by atoms with Crippen molar-refractivity contribution in [3.8, 4) is 0 Å². The third-order valence-electron chi connectivity index (χ3n) is 7.77. The number of rotatable bonds is 11. The summed E-state index contributed by atoms with van der Waals surface area (Å²) in [5.41, 5.74) is 1.40. The van der Waals surface area contributed by atoms with Gasteiger partial charge >= 0.3 is 0 Å². The minimum absolute atomic E-state index is 0.00199. The molecule has 0 radical (unpaired) electrons. The highest BCUT2D eigenvalue weighted by Crippen LogP contribution is 2.53. The number of nitrogens with zero attached hydrogens (tertiary/aromatic N) is 1. The second-order valence-corrected chi connectivity index (χ2v) is 14.1. The Hall–Kier alpha value is -1.86. The molecule has 3 rings (SSSR count). The topological polar surface area (TPSA) is 66.5 Å². The van der Waals surface area contributed by atoms with Crippen molar-refractivity contribution in [2.24, 2.45) is 17.3 Å². The number of allylic oxidation sites excluding steroid dienone is 1. The molecule has 1 N–H and O–H groups in total. The van der Waals surface area contributed by atoms with Gasteiger partial charge in [0.2, 0.25) is 15.9 Å². The van der Waals surface area contributed by atoms with Crippen molar-refractivity contribution in [2.75, 3.05) is 12.8 Å². The Morgan fingerprint density at radius 1 is 1.11 bits per heavy atom. The van der Waals surface area contributed by atoms with Crippen molar-refractivity contribution in [3.05, 3.63) is 82.4 Å².